The first-order chi connectivity index (χ1) is 7.85. The number of amides is 1. The summed E-state index contributed by atoms with van der Waals surface area (Å²) in [7, 11) is -3.40. The van der Waals surface area contributed by atoms with Crippen LogP contribution in [0.15, 0.2) is 0 Å². The molecule has 0 rings (SSSR count). The van der Waals surface area contributed by atoms with Gasteiger partial charge in [-0.3, -0.25) is 4.79 Å². The van der Waals surface area contributed by atoms with E-state index in [0.29, 0.717) is 13.1 Å². The molecule has 0 heterocycles. The van der Waals surface area contributed by atoms with Crippen molar-refractivity contribution < 1.29 is 13.2 Å². The summed E-state index contributed by atoms with van der Waals surface area (Å²) in [6, 6.07) is 0. The van der Waals surface area contributed by atoms with Gasteiger partial charge in [-0.25, -0.2) is 8.42 Å². The lowest BCUT2D eigenvalue weighted by Gasteiger charge is -2.15. The number of nitrogens with two attached hydrogens (primary N) is 1. The minimum absolute atomic E-state index is 0.0358. The fourth-order valence-electron chi connectivity index (χ4n) is 1.30. The summed E-state index contributed by atoms with van der Waals surface area (Å²) >= 11 is 0. The van der Waals surface area contributed by atoms with Gasteiger partial charge in [0.05, 0.1) is 5.75 Å². The number of nitrogens with one attached hydrogen (secondary N) is 1. The van der Waals surface area contributed by atoms with E-state index in [1.54, 1.807) is 6.92 Å². The highest BCUT2D eigenvalue weighted by atomic mass is 32.2. The Labute approximate surface area is 104 Å². The van der Waals surface area contributed by atoms with Gasteiger partial charge in [0.2, 0.25) is 5.91 Å². The molecule has 0 aliphatic rings. The molecular weight excluding hydrogens is 240 g/mol. The van der Waals surface area contributed by atoms with Gasteiger partial charge in [-0.05, 0) is 25.8 Å². The maximum absolute atomic E-state index is 11.9. The molecule has 0 aliphatic carbocycles. The number of hydrogen-bond donors (Lipinski definition) is 2. The second-order valence-corrected chi connectivity index (χ2v) is 6.82. The molecule has 3 N–H and O–H groups in total. The average Bonchev–Trinajstić information content (AvgIpc) is 2.27. The second-order valence-electron chi connectivity index (χ2n) is 4.46. The van der Waals surface area contributed by atoms with Crippen molar-refractivity contribution in [2.45, 2.75) is 38.9 Å². The van der Waals surface area contributed by atoms with E-state index in [1.165, 1.54) is 6.92 Å². The number of carbonyl (C=O) groups excluding carboxylic acids is 1. The van der Waals surface area contributed by atoms with Crippen LogP contribution in [0.25, 0.3) is 0 Å². The molecule has 0 bridgehead atoms. The summed E-state index contributed by atoms with van der Waals surface area (Å²) in [5.41, 5.74) is 5.39. The van der Waals surface area contributed by atoms with E-state index in [4.69, 9.17) is 5.73 Å². The minimum Gasteiger partial charge on any atom is -0.355 e. The monoisotopic (exact) mass is 264 g/mol. The normalized spacial score (nSPS) is 15.3. The molecule has 0 saturated heterocycles. The van der Waals surface area contributed by atoms with E-state index in [2.05, 4.69) is 5.32 Å². The van der Waals surface area contributed by atoms with Gasteiger partial charge in [-0.15, -0.1) is 0 Å². The third kappa shape index (κ3) is 6.02. The van der Waals surface area contributed by atoms with Crippen molar-refractivity contribution in [1.82, 2.24) is 5.32 Å². The van der Waals surface area contributed by atoms with E-state index in [1.807, 2.05) is 6.92 Å². The summed E-state index contributed by atoms with van der Waals surface area (Å²) in [5, 5.41) is 1.64. The average molecular weight is 264 g/mol. The van der Waals surface area contributed by atoms with Crippen LogP contribution < -0.4 is 11.1 Å². The fraction of sp³-hybridized carbons (Fsp3) is 0.909. The molecule has 0 spiro atoms. The zero-order chi connectivity index (χ0) is 13.5. The third-order valence-electron chi connectivity index (χ3n) is 2.66. The molecule has 0 fully saturated rings. The Balaban J connectivity index is 4.36. The van der Waals surface area contributed by atoms with Gasteiger partial charge >= 0.3 is 0 Å². The van der Waals surface area contributed by atoms with Gasteiger partial charge in [-0.1, -0.05) is 20.3 Å². The van der Waals surface area contributed by atoms with Crippen LogP contribution in [0.4, 0.5) is 0 Å². The molecule has 0 aromatic carbocycles. The molecule has 2 atom stereocenters. The van der Waals surface area contributed by atoms with Crippen LogP contribution in [-0.4, -0.2) is 38.4 Å². The first-order valence-corrected chi connectivity index (χ1v) is 7.76. The number of carbonyl (C=O) groups is 1. The minimum atomic E-state index is -3.40. The Bertz CT molecular complexity index is 328. The molecule has 0 radical (unpaired) electrons. The molecule has 17 heavy (non-hydrogen) atoms. The van der Waals surface area contributed by atoms with Crippen molar-refractivity contribution in [3.8, 4) is 0 Å². The van der Waals surface area contributed by atoms with Gasteiger partial charge < -0.3 is 11.1 Å². The highest BCUT2D eigenvalue weighted by Crippen LogP contribution is 2.07. The number of sulfone groups is 1. The van der Waals surface area contributed by atoms with Crippen molar-refractivity contribution in [2.75, 3.05) is 18.8 Å². The largest absolute Gasteiger partial charge is 0.355 e. The molecule has 0 aliphatic heterocycles. The maximum Gasteiger partial charge on any atom is 0.238 e. The van der Waals surface area contributed by atoms with Crippen LogP contribution in [0, 0.1) is 5.92 Å². The molecule has 102 valence electrons. The van der Waals surface area contributed by atoms with Gasteiger partial charge in [0.25, 0.3) is 0 Å². The van der Waals surface area contributed by atoms with Gasteiger partial charge in [0.1, 0.15) is 5.25 Å². The molecule has 2 unspecified atom stereocenters. The van der Waals surface area contributed by atoms with Crippen molar-refractivity contribution in [1.29, 1.82) is 0 Å². The topological polar surface area (TPSA) is 89.3 Å². The number of rotatable bonds is 8. The van der Waals surface area contributed by atoms with Crippen LogP contribution in [0.5, 0.6) is 0 Å². The molecule has 0 saturated carbocycles. The Kier molecular flexibility index (Phi) is 7.38. The molecule has 6 heteroatoms. The van der Waals surface area contributed by atoms with Crippen LogP contribution in [-0.2, 0) is 14.6 Å². The van der Waals surface area contributed by atoms with Crippen LogP contribution >= 0.6 is 0 Å². The summed E-state index contributed by atoms with van der Waals surface area (Å²) in [6.07, 6.45) is 1.82. The maximum atomic E-state index is 11.9. The lowest BCUT2D eigenvalue weighted by molar-refractivity contribution is -0.120. The van der Waals surface area contributed by atoms with Crippen molar-refractivity contribution in [3.05, 3.63) is 0 Å². The molecule has 0 aromatic heterocycles. The standard InChI is InChI=1S/C11H24N2O3S/c1-4-5-6-13-11(14)10(3)17(15,16)8-9(2)7-12/h9-10H,4-8,12H2,1-3H3,(H,13,14). The van der Waals surface area contributed by atoms with Crippen LogP contribution in [0.2, 0.25) is 0 Å². The van der Waals surface area contributed by atoms with E-state index < -0.39 is 21.0 Å². The summed E-state index contributed by atoms with van der Waals surface area (Å²) in [4.78, 5) is 11.6. The number of hydrogen-bond acceptors (Lipinski definition) is 4. The fourth-order valence-corrected chi connectivity index (χ4v) is 2.93. The Morgan fingerprint density at radius 2 is 1.94 bits per heavy atom. The SMILES string of the molecule is CCCCNC(=O)C(C)S(=O)(=O)CC(C)CN. The van der Waals surface area contributed by atoms with Crippen LogP contribution in [0.1, 0.15) is 33.6 Å². The predicted octanol–water partition coefficient (Wildman–Crippen LogP) is 0.301. The summed E-state index contributed by atoms with van der Waals surface area (Å²) in [5.74, 6) is -0.570. The summed E-state index contributed by atoms with van der Waals surface area (Å²) < 4.78 is 23.7. The Morgan fingerprint density at radius 1 is 1.35 bits per heavy atom. The highest BCUT2D eigenvalue weighted by molar-refractivity contribution is 7.92. The van der Waals surface area contributed by atoms with Gasteiger partial charge in [0.15, 0.2) is 9.84 Å². The first kappa shape index (κ1) is 16.4. The quantitative estimate of drug-likeness (QED) is 0.617. The Morgan fingerprint density at radius 3 is 2.41 bits per heavy atom. The van der Waals surface area contributed by atoms with Crippen molar-refractivity contribution in [3.63, 3.8) is 0 Å². The third-order valence-corrected chi connectivity index (χ3v) is 4.98. The molecule has 1 amide bonds. The summed E-state index contributed by atoms with van der Waals surface area (Å²) in [6.45, 7) is 6.04. The molecular formula is C11H24N2O3S. The van der Waals surface area contributed by atoms with Crippen molar-refractivity contribution in [2.24, 2.45) is 11.7 Å². The Hall–Kier alpha value is -0.620. The zero-order valence-corrected chi connectivity index (χ0v) is 11.7. The smallest absolute Gasteiger partial charge is 0.238 e. The van der Waals surface area contributed by atoms with Gasteiger partial charge in [0, 0.05) is 6.54 Å². The molecule has 5 nitrogen and oxygen atoms in total. The van der Waals surface area contributed by atoms with E-state index in [9.17, 15) is 13.2 Å². The van der Waals surface area contributed by atoms with Gasteiger partial charge in [-0.2, -0.15) is 0 Å². The van der Waals surface area contributed by atoms with E-state index in [-0.39, 0.29) is 11.7 Å². The molecule has 0 aromatic rings. The second kappa shape index (κ2) is 7.66. The highest BCUT2D eigenvalue weighted by Gasteiger charge is 2.28. The predicted molar refractivity (Wildman–Crippen MR) is 69.4 cm³/mol. The zero-order valence-electron chi connectivity index (χ0n) is 10.9. The first-order valence-electron chi connectivity index (χ1n) is 6.04. The number of unbranched alkanes of at least 4 members (excludes halogenated alkanes) is 1. The van der Waals surface area contributed by atoms with Crippen molar-refractivity contribution >= 4 is 15.7 Å². The van der Waals surface area contributed by atoms with E-state index >= 15 is 0 Å². The van der Waals surface area contributed by atoms with E-state index in [0.717, 1.165) is 12.8 Å². The van der Waals surface area contributed by atoms with Crippen LogP contribution in [0.3, 0.4) is 0 Å². The lowest BCUT2D eigenvalue weighted by Crippen LogP contribution is -2.40. The lowest BCUT2D eigenvalue weighted by atomic mass is 10.2.